The van der Waals surface area contributed by atoms with Crippen molar-refractivity contribution < 1.29 is 9.53 Å². The van der Waals surface area contributed by atoms with Gasteiger partial charge in [-0.05, 0) is 12.3 Å². The van der Waals surface area contributed by atoms with E-state index in [0.29, 0.717) is 32.0 Å². The van der Waals surface area contributed by atoms with Gasteiger partial charge in [0, 0.05) is 20.2 Å². The Morgan fingerprint density at radius 2 is 2.06 bits per heavy atom. The van der Waals surface area contributed by atoms with Crippen molar-refractivity contribution >= 4 is 23.1 Å². The van der Waals surface area contributed by atoms with E-state index >= 15 is 0 Å². The van der Waals surface area contributed by atoms with Crippen molar-refractivity contribution in [3.8, 4) is 0 Å². The Morgan fingerprint density at radius 1 is 1.47 bits per heavy atom. The third-order valence-corrected chi connectivity index (χ3v) is 2.80. The molecule has 4 nitrogen and oxygen atoms in total. The van der Waals surface area contributed by atoms with E-state index in [-0.39, 0.29) is 16.8 Å². The Labute approximate surface area is 109 Å². The van der Waals surface area contributed by atoms with E-state index in [1.54, 1.807) is 12.0 Å². The number of hydrogen-bond acceptors (Lipinski definition) is 3. The smallest absolute Gasteiger partial charge is 0.232 e. The average molecular weight is 260 g/mol. The van der Waals surface area contributed by atoms with Gasteiger partial charge in [0.1, 0.15) is 0 Å². The van der Waals surface area contributed by atoms with Crippen LogP contribution in [0.2, 0.25) is 0 Å². The first kappa shape index (κ1) is 16.3. The van der Waals surface area contributed by atoms with Gasteiger partial charge < -0.3 is 15.4 Å². The fourth-order valence-electron chi connectivity index (χ4n) is 1.65. The summed E-state index contributed by atoms with van der Waals surface area (Å²) in [5.74, 6) is 0.0889. The summed E-state index contributed by atoms with van der Waals surface area (Å²) in [4.78, 5) is 14.3. The largest absolute Gasteiger partial charge is 0.393 e. The number of nitrogens with two attached hydrogens (primary N) is 1. The lowest BCUT2D eigenvalue weighted by Gasteiger charge is -2.27. The molecule has 1 atom stereocenters. The van der Waals surface area contributed by atoms with E-state index in [1.807, 2.05) is 6.92 Å². The summed E-state index contributed by atoms with van der Waals surface area (Å²) in [6.07, 6.45) is 0.649. The predicted octanol–water partition coefficient (Wildman–Crippen LogP) is 1.43. The third-order valence-electron chi connectivity index (χ3n) is 2.51. The van der Waals surface area contributed by atoms with Crippen LogP contribution in [0.1, 0.15) is 27.2 Å². The fraction of sp³-hybridized carbons (Fsp3) is 0.833. The van der Waals surface area contributed by atoms with Crippen LogP contribution in [0.4, 0.5) is 0 Å². The Morgan fingerprint density at radius 3 is 2.41 bits per heavy atom. The maximum atomic E-state index is 12.3. The standard InChI is InChI=1S/C12H24N2O2S/c1-5-10(11(13)17)12(15)14(6-7-16-4)8-9(2)3/h9-10H,5-8H2,1-4H3,(H2,13,17). The van der Waals surface area contributed by atoms with Gasteiger partial charge in [0.05, 0.1) is 17.5 Å². The second-order valence-corrected chi connectivity index (χ2v) is 5.01. The van der Waals surface area contributed by atoms with Gasteiger partial charge in [0.15, 0.2) is 0 Å². The molecule has 0 bridgehead atoms. The Kier molecular flexibility index (Phi) is 8.08. The quantitative estimate of drug-likeness (QED) is 0.671. The topological polar surface area (TPSA) is 55.6 Å². The van der Waals surface area contributed by atoms with Crippen molar-refractivity contribution in [2.45, 2.75) is 27.2 Å². The first-order valence-corrected chi connectivity index (χ1v) is 6.41. The molecule has 0 spiro atoms. The van der Waals surface area contributed by atoms with Crippen molar-refractivity contribution in [2.24, 2.45) is 17.6 Å². The summed E-state index contributed by atoms with van der Waals surface area (Å²) in [7, 11) is 1.63. The number of hydrogen-bond donors (Lipinski definition) is 1. The minimum absolute atomic E-state index is 0.0192. The summed E-state index contributed by atoms with van der Waals surface area (Å²) in [5.41, 5.74) is 5.60. The molecule has 0 saturated heterocycles. The highest BCUT2D eigenvalue weighted by Gasteiger charge is 2.25. The monoisotopic (exact) mass is 260 g/mol. The van der Waals surface area contributed by atoms with Crippen molar-refractivity contribution in [3.05, 3.63) is 0 Å². The zero-order valence-electron chi connectivity index (χ0n) is 11.2. The molecule has 100 valence electrons. The van der Waals surface area contributed by atoms with Crippen LogP contribution in [-0.2, 0) is 9.53 Å². The van der Waals surface area contributed by atoms with Crippen molar-refractivity contribution in [1.82, 2.24) is 4.90 Å². The van der Waals surface area contributed by atoms with Gasteiger partial charge >= 0.3 is 0 Å². The molecule has 0 aliphatic carbocycles. The van der Waals surface area contributed by atoms with E-state index in [2.05, 4.69) is 13.8 Å². The lowest BCUT2D eigenvalue weighted by atomic mass is 10.0. The Bertz CT molecular complexity index is 257. The summed E-state index contributed by atoms with van der Waals surface area (Å²) < 4.78 is 5.02. The van der Waals surface area contributed by atoms with Gasteiger partial charge in [-0.1, -0.05) is 33.0 Å². The fourth-order valence-corrected chi connectivity index (χ4v) is 1.92. The van der Waals surface area contributed by atoms with Crippen molar-refractivity contribution in [3.63, 3.8) is 0 Å². The van der Waals surface area contributed by atoms with Crippen LogP contribution in [0.3, 0.4) is 0 Å². The number of rotatable bonds is 8. The maximum absolute atomic E-state index is 12.3. The summed E-state index contributed by atoms with van der Waals surface area (Å²) in [6, 6.07) is 0. The van der Waals surface area contributed by atoms with Crippen LogP contribution >= 0.6 is 12.2 Å². The Hall–Kier alpha value is -0.680. The molecule has 0 heterocycles. The molecule has 1 unspecified atom stereocenters. The van der Waals surface area contributed by atoms with Crippen LogP contribution in [0.5, 0.6) is 0 Å². The minimum Gasteiger partial charge on any atom is -0.393 e. The molecule has 0 aromatic heterocycles. The van der Waals surface area contributed by atoms with Gasteiger partial charge in [-0.25, -0.2) is 0 Å². The third kappa shape index (κ3) is 5.98. The van der Waals surface area contributed by atoms with Crippen LogP contribution in [0.25, 0.3) is 0 Å². The number of nitrogens with zero attached hydrogens (tertiary/aromatic N) is 1. The molecular weight excluding hydrogens is 236 g/mol. The summed E-state index contributed by atoms with van der Waals surface area (Å²) >= 11 is 4.94. The maximum Gasteiger partial charge on any atom is 0.232 e. The van der Waals surface area contributed by atoms with Crippen LogP contribution in [-0.4, -0.2) is 42.6 Å². The molecule has 0 aromatic carbocycles. The van der Waals surface area contributed by atoms with Crippen LogP contribution in [0.15, 0.2) is 0 Å². The lowest BCUT2D eigenvalue weighted by Crippen LogP contribution is -2.44. The highest BCUT2D eigenvalue weighted by atomic mass is 32.1. The Balaban J connectivity index is 4.64. The second kappa shape index (κ2) is 8.42. The predicted molar refractivity (Wildman–Crippen MR) is 73.9 cm³/mol. The van der Waals surface area contributed by atoms with E-state index in [1.165, 1.54) is 0 Å². The van der Waals surface area contributed by atoms with Crippen LogP contribution in [0, 0.1) is 11.8 Å². The van der Waals surface area contributed by atoms with Gasteiger partial charge in [0.2, 0.25) is 5.91 Å². The molecule has 5 heteroatoms. The number of ether oxygens (including phenoxy) is 1. The zero-order chi connectivity index (χ0) is 13.4. The van der Waals surface area contributed by atoms with Gasteiger partial charge in [-0.2, -0.15) is 0 Å². The number of carbonyl (C=O) groups is 1. The van der Waals surface area contributed by atoms with E-state index in [9.17, 15) is 4.79 Å². The van der Waals surface area contributed by atoms with E-state index < -0.39 is 0 Å². The number of amides is 1. The van der Waals surface area contributed by atoms with Crippen LogP contribution < -0.4 is 5.73 Å². The average Bonchev–Trinajstić information content (AvgIpc) is 2.23. The minimum atomic E-state index is -0.347. The molecular formula is C12H24N2O2S. The molecule has 0 saturated carbocycles. The van der Waals surface area contributed by atoms with Gasteiger partial charge in [-0.15, -0.1) is 0 Å². The molecule has 0 radical (unpaired) electrons. The molecule has 0 aliphatic heterocycles. The molecule has 17 heavy (non-hydrogen) atoms. The highest BCUT2D eigenvalue weighted by Crippen LogP contribution is 2.10. The molecule has 0 aliphatic rings. The van der Waals surface area contributed by atoms with Crippen molar-refractivity contribution in [2.75, 3.05) is 26.8 Å². The first-order valence-electron chi connectivity index (χ1n) is 6.01. The van der Waals surface area contributed by atoms with E-state index in [4.69, 9.17) is 22.7 Å². The second-order valence-electron chi connectivity index (χ2n) is 4.53. The molecule has 0 rings (SSSR count). The van der Waals surface area contributed by atoms with Gasteiger partial charge in [-0.3, -0.25) is 4.79 Å². The normalized spacial score (nSPS) is 12.5. The number of methoxy groups -OCH3 is 1. The first-order chi connectivity index (χ1) is 7.93. The molecule has 2 N–H and O–H groups in total. The number of carbonyl (C=O) groups excluding carboxylic acids is 1. The summed E-state index contributed by atoms with van der Waals surface area (Å²) in [6.45, 7) is 7.91. The zero-order valence-corrected chi connectivity index (χ0v) is 12.0. The number of thiocarbonyl (C=S) groups is 1. The van der Waals surface area contributed by atoms with Crippen molar-refractivity contribution in [1.29, 1.82) is 0 Å². The van der Waals surface area contributed by atoms with Gasteiger partial charge in [0.25, 0.3) is 0 Å². The lowest BCUT2D eigenvalue weighted by molar-refractivity contribution is -0.134. The molecule has 0 fully saturated rings. The SMILES string of the molecule is CCC(C(=O)N(CCOC)CC(C)C)C(N)=S. The summed E-state index contributed by atoms with van der Waals surface area (Å²) in [5, 5.41) is 0. The highest BCUT2D eigenvalue weighted by molar-refractivity contribution is 7.80. The molecule has 0 aromatic rings. The molecule has 1 amide bonds. The van der Waals surface area contributed by atoms with E-state index in [0.717, 1.165) is 0 Å².